The lowest BCUT2D eigenvalue weighted by Crippen LogP contribution is -1.92. The Kier molecular flexibility index (Phi) is 2.66. The maximum atomic E-state index is 9.24. The predicted octanol–water partition coefficient (Wildman–Crippen LogP) is 1.66. The van der Waals surface area contributed by atoms with Crippen LogP contribution in [0.25, 0.3) is 11.5 Å². The molecular weight excluding hydrogens is 206 g/mol. The van der Waals surface area contributed by atoms with Crippen molar-refractivity contribution in [3.63, 3.8) is 0 Å². The van der Waals surface area contributed by atoms with Crippen molar-refractivity contribution in [2.75, 3.05) is 0 Å². The fourth-order valence-electron chi connectivity index (χ4n) is 1.21. The molecule has 0 amide bonds. The van der Waals surface area contributed by atoms with Crippen molar-refractivity contribution in [1.29, 1.82) is 5.26 Å². The van der Waals surface area contributed by atoms with Gasteiger partial charge in [0.15, 0.2) is 5.82 Å². The van der Waals surface area contributed by atoms with Crippen molar-refractivity contribution in [2.45, 2.75) is 13.0 Å². The average Bonchev–Trinajstić information content (AvgIpc) is 2.78. The van der Waals surface area contributed by atoms with Gasteiger partial charge in [-0.3, -0.25) is 0 Å². The Morgan fingerprint density at radius 3 is 2.56 bits per heavy atom. The van der Waals surface area contributed by atoms with Crippen LogP contribution >= 0.6 is 0 Å². The van der Waals surface area contributed by atoms with Crippen LogP contribution in [0.4, 0.5) is 0 Å². The molecule has 1 atom stereocenters. The zero-order valence-corrected chi connectivity index (χ0v) is 8.58. The van der Waals surface area contributed by atoms with E-state index in [1.807, 2.05) is 6.07 Å². The van der Waals surface area contributed by atoms with Gasteiger partial charge in [0.05, 0.1) is 11.6 Å². The highest BCUT2D eigenvalue weighted by Gasteiger charge is 2.12. The monoisotopic (exact) mass is 215 g/mol. The van der Waals surface area contributed by atoms with Crippen LogP contribution in [0.2, 0.25) is 0 Å². The summed E-state index contributed by atoms with van der Waals surface area (Å²) < 4.78 is 4.98. The van der Waals surface area contributed by atoms with E-state index in [0.717, 1.165) is 5.56 Å². The van der Waals surface area contributed by atoms with Gasteiger partial charge in [-0.05, 0) is 31.2 Å². The fraction of sp³-hybridized carbons (Fsp3) is 0.182. The van der Waals surface area contributed by atoms with Gasteiger partial charge in [0, 0.05) is 5.56 Å². The first kappa shape index (κ1) is 10.3. The molecule has 1 aromatic carbocycles. The number of rotatable bonds is 2. The summed E-state index contributed by atoms with van der Waals surface area (Å²) in [6.07, 6.45) is -0.754. The van der Waals surface area contributed by atoms with Crippen LogP contribution in [-0.2, 0) is 0 Å². The molecule has 0 fully saturated rings. The van der Waals surface area contributed by atoms with Crippen LogP contribution in [0.1, 0.15) is 24.4 Å². The summed E-state index contributed by atoms with van der Waals surface area (Å²) in [4.78, 5) is 4.02. The molecular formula is C11H9N3O2. The first-order chi connectivity index (χ1) is 7.70. The Balaban J connectivity index is 2.32. The van der Waals surface area contributed by atoms with Gasteiger partial charge in [-0.1, -0.05) is 5.16 Å². The summed E-state index contributed by atoms with van der Waals surface area (Å²) in [6.45, 7) is 1.56. The van der Waals surface area contributed by atoms with E-state index in [1.165, 1.54) is 0 Å². The summed E-state index contributed by atoms with van der Waals surface area (Å²) in [6, 6.07) is 8.80. The van der Waals surface area contributed by atoms with Crippen LogP contribution in [0.15, 0.2) is 28.8 Å². The number of aliphatic hydroxyl groups is 1. The predicted molar refractivity (Wildman–Crippen MR) is 55.1 cm³/mol. The molecule has 0 aliphatic rings. The first-order valence-electron chi connectivity index (χ1n) is 4.73. The second-order valence-electron chi connectivity index (χ2n) is 3.32. The van der Waals surface area contributed by atoms with Gasteiger partial charge in [-0.2, -0.15) is 10.2 Å². The summed E-state index contributed by atoms with van der Waals surface area (Å²) in [5.74, 6) is 0.583. The molecule has 1 heterocycles. The second kappa shape index (κ2) is 4.13. The lowest BCUT2D eigenvalue weighted by Gasteiger charge is -1.94. The molecule has 80 valence electrons. The highest BCUT2D eigenvalue weighted by molar-refractivity contribution is 5.54. The van der Waals surface area contributed by atoms with Crippen molar-refractivity contribution in [2.24, 2.45) is 0 Å². The third-order valence-electron chi connectivity index (χ3n) is 2.08. The summed E-state index contributed by atoms with van der Waals surface area (Å²) in [7, 11) is 0. The maximum absolute atomic E-state index is 9.24. The summed E-state index contributed by atoms with van der Waals surface area (Å²) in [5.41, 5.74) is 1.29. The molecule has 1 N–H and O–H groups in total. The van der Waals surface area contributed by atoms with E-state index >= 15 is 0 Å². The van der Waals surface area contributed by atoms with E-state index in [4.69, 9.17) is 9.78 Å². The molecule has 0 saturated carbocycles. The molecule has 0 radical (unpaired) electrons. The van der Waals surface area contributed by atoms with Gasteiger partial charge in [0.2, 0.25) is 0 Å². The SMILES string of the molecule is CC(O)c1noc(-c2ccc(C#N)cc2)n1. The fourth-order valence-corrected chi connectivity index (χ4v) is 1.21. The first-order valence-corrected chi connectivity index (χ1v) is 4.73. The molecule has 0 spiro atoms. The number of aliphatic hydroxyl groups excluding tert-OH is 1. The van der Waals surface area contributed by atoms with Crippen LogP contribution in [0, 0.1) is 11.3 Å². The summed E-state index contributed by atoms with van der Waals surface area (Å²) >= 11 is 0. The molecule has 5 nitrogen and oxygen atoms in total. The smallest absolute Gasteiger partial charge is 0.258 e. The lowest BCUT2D eigenvalue weighted by molar-refractivity contribution is 0.184. The molecule has 0 aliphatic carbocycles. The molecule has 0 aliphatic heterocycles. The van der Waals surface area contributed by atoms with Crippen LogP contribution in [0.5, 0.6) is 0 Å². The van der Waals surface area contributed by atoms with Gasteiger partial charge in [-0.15, -0.1) is 0 Å². The quantitative estimate of drug-likeness (QED) is 0.823. The second-order valence-corrected chi connectivity index (χ2v) is 3.32. The number of nitriles is 1. The normalized spacial score (nSPS) is 12.1. The number of nitrogens with zero attached hydrogens (tertiary/aromatic N) is 3. The van der Waals surface area contributed by atoms with Gasteiger partial charge < -0.3 is 9.63 Å². The Morgan fingerprint density at radius 1 is 1.38 bits per heavy atom. The van der Waals surface area contributed by atoms with Gasteiger partial charge in [0.1, 0.15) is 6.10 Å². The summed E-state index contributed by atoms with van der Waals surface area (Å²) in [5, 5.41) is 21.5. The molecule has 2 rings (SSSR count). The van der Waals surface area contributed by atoms with Gasteiger partial charge >= 0.3 is 0 Å². The minimum Gasteiger partial charge on any atom is -0.385 e. The van der Waals surface area contributed by atoms with Gasteiger partial charge in [-0.25, -0.2) is 0 Å². The van der Waals surface area contributed by atoms with Crippen molar-refractivity contribution >= 4 is 0 Å². The Morgan fingerprint density at radius 2 is 2.06 bits per heavy atom. The van der Waals surface area contributed by atoms with Crippen molar-refractivity contribution in [1.82, 2.24) is 10.1 Å². The number of benzene rings is 1. The lowest BCUT2D eigenvalue weighted by atomic mass is 10.1. The Bertz CT molecular complexity index is 523. The van der Waals surface area contributed by atoms with E-state index in [9.17, 15) is 5.11 Å². The zero-order valence-electron chi connectivity index (χ0n) is 8.58. The molecule has 0 bridgehead atoms. The van der Waals surface area contributed by atoms with E-state index in [0.29, 0.717) is 11.5 Å². The maximum Gasteiger partial charge on any atom is 0.258 e. The van der Waals surface area contributed by atoms with E-state index in [1.54, 1.807) is 31.2 Å². The van der Waals surface area contributed by atoms with Crippen molar-refractivity contribution < 1.29 is 9.63 Å². The average molecular weight is 215 g/mol. The van der Waals surface area contributed by atoms with Crippen LogP contribution in [0.3, 0.4) is 0 Å². The van der Waals surface area contributed by atoms with Crippen molar-refractivity contribution in [3.8, 4) is 17.5 Å². The standard InChI is InChI=1S/C11H9N3O2/c1-7(15)10-13-11(16-14-10)9-4-2-8(6-12)3-5-9/h2-5,7,15H,1H3. The molecule has 16 heavy (non-hydrogen) atoms. The van der Waals surface area contributed by atoms with E-state index in [-0.39, 0.29) is 5.82 Å². The molecule has 2 aromatic rings. The zero-order chi connectivity index (χ0) is 11.5. The van der Waals surface area contributed by atoms with E-state index in [2.05, 4.69) is 10.1 Å². The van der Waals surface area contributed by atoms with Crippen molar-refractivity contribution in [3.05, 3.63) is 35.7 Å². The Labute approximate surface area is 92.0 Å². The molecule has 1 aromatic heterocycles. The minimum absolute atomic E-state index is 0.249. The number of aromatic nitrogens is 2. The Hall–Kier alpha value is -2.19. The minimum atomic E-state index is -0.754. The third kappa shape index (κ3) is 1.92. The number of hydrogen-bond donors (Lipinski definition) is 1. The number of hydrogen-bond acceptors (Lipinski definition) is 5. The molecule has 1 unspecified atom stereocenters. The third-order valence-corrected chi connectivity index (χ3v) is 2.08. The highest BCUT2D eigenvalue weighted by atomic mass is 16.5. The largest absolute Gasteiger partial charge is 0.385 e. The van der Waals surface area contributed by atoms with Crippen LogP contribution in [-0.4, -0.2) is 15.2 Å². The topological polar surface area (TPSA) is 82.9 Å². The van der Waals surface area contributed by atoms with Gasteiger partial charge in [0.25, 0.3) is 5.89 Å². The molecule has 5 heteroatoms. The van der Waals surface area contributed by atoms with E-state index < -0.39 is 6.10 Å². The highest BCUT2D eigenvalue weighted by Crippen LogP contribution is 2.19. The van der Waals surface area contributed by atoms with Crippen LogP contribution < -0.4 is 0 Å². The molecule has 0 saturated heterocycles.